The number of piperidine rings is 1. The lowest BCUT2D eigenvalue weighted by molar-refractivity contribution is -0.138. The summed E-state index contributed by atoms with van der Waals surface area (Å²) in [6, 6.07) is 8.27. The lowest BCUT2D eigenvalue weighted by atomic mass is 9.97. The van der Waals surface area contributed by atoms with E-state index in [2.05, 4.69) is 53.4 Å². The summed E-state index contributed by atoms with van der Waals surface area (Å²) in [5, 5.41) is 8.19. The van der Waals surface area contributed by atoms with Crippen molar-refractivity contribution >= 4 is 56.2 Å². The second-order valence-corrected chi connectivity index (χ2v) is 14.1. The summed E-state index contributed by atoms with van der Waals surface area (Å²) in [5.41, 5.74) is 2.86. The summed E-state index contributed by atoms with van der Waals surface area (Å²) < 4.78 is 2.08. The molecule has 12 nitrogen and oxygen atoms in total. The van der Waals surface area contributed by atoms with Crippen LogP contribution in [0.25, 0.3) is 22.0 Å². The summed E-state index contributed by atoms with van der Waals surface area (Å²) in [6.45, 7) is 3.78. The van der Waals surface area contributed by atoms with Gasteiger partial charge in [0.25, 0.3) is 0 Å². The van der Waals surface area contributed by atoms with E-state index in [0.29, 0.717) is 45.7 Å². The molecule has 1 aliphatic carbocycles. The molecule has 3 aliphatic rings. The van der Waals surface area contributed by atoms with Crippen molar-refractivity contribution in [3.05, 3.63) is 76.6 Å². The zero-order chi connectivity index (χ0) is 34.4. The number of hydrogen-bond acceptors (Lipinski definition) is 8. The Morgan fingerprint density at radius 3 is 2.63 bits per heavy atom. The minimum Gasteiger partial charge on any atom is -0.345 e. The van der Waals surface area contributed by atoms with Crippen LogP contribution in [0.5, 0.6) is 0 Å². The van der Waals surface area contributed by atoms with E-state index >= 15 is 0 Å². The zero-order valence-electron chi connectivity index (χ0n) is 27.6. The molecule has 0 radical (unpaired) electrons. The van der Waals surface area contributed by atoms with Gasteiger partial charge >= 0.3 is 0 Å². The van der Waals surface area contributed by atoms with Crippen molar-refractivity contribution in [3.63, 3.8) is 0 Å². The third-order valence-electron chi connectivity index (χ3n) is 9.91. The summed E-state index contributed by atoms with van der Waals surface area (Å²) >= 11 is 3.40. The molecule has 0 unspecified atom stereocenters. The zero-order valence-corrected chi connectivity index (χ0v) is 29.2. The maximum atomic E-state index is 14.3. The van der Waals surface area contributed by atoms with Gasteiger partial charge in [-0.1, -0.05) is 24.3 Å². The van der Waals surface area contributed by atoms with E-state index in [1.54, 1.807) is 46.1 Å². The predicted octanol–water partition coefficient (Wildman–Crippen LogP) is 4.90. The van der Waals surface area contributed by atoms with Crippen LogP contribution >= 0.6 is 15.9 Å². The number of halogens is 1. The number of aromatic nitrogens is 5. The van der Waals surface area contributed by atoms with E-state index in [1.165, 1.54) is 6.92 Å². The highest BCUT2D eigenvalue weighted by atomic mass is 79.9. The fourth-order valence-electron chi connectivity index (χ4n) is 7.14. The van der Waals surface area contributed by atoms with E-state index in [1.807, 2.05) is 25.1 Å². The molecule has 1 saturated heterocycles. The minimum absolute atomic E-state index is 0.0594. The first-order valence-electron chi connectivity index (χ1n) is 16.5. The number of carbonyl (C=O) groups excluding carboxylic acids is 4. The maximum absolute atomic E-state index is 14.3. The molecule has 1 spiro atoms. The molecule has 2 aliphatic heterocycles. The van der Waals surface area contributed by atoms with Crippen molar-refractivity contribution in [2.24, 2.45) is 5.41 Å². The Bertz CT molecular complexity index is 2030. The standard InChI is InChI=1S/C36H37BrN8O4/c1-21(46)33-26-14-23(25-18-38-22(2)39-19-25)8-10-27(26)44(42-33)20-32(48)45-28-16-36(17-29(36)45)12-6-4-5-7-13-43(3)31(47)15-24-9-11-30(37)40-34(24)41-35(28)49/h6,8-12,14,18-19,28-29H,4-5,7,13,15-17,20H2,1-3H3,(H,40,41,49)/b12-6-/t28-,29+,36-/m0/s1. The van der Waals surface area contributed by atoms with Crippen LogP contribution in [0.15, 0.2) is 59.5 Å². The first kappa shape index (κ1) is 32.8. The quantitative estimate of drug-likeness (QED) is 0.178. The minimum atomic E-state index is -0.752. The monoisotopic (exact) mass is 724 g/mol. The predicted molar refractivity (Wildman–Crippen MR) is 186 cm³/mol. The summed E-state index contributed by atoms with van der Waals surface area (Å²) in [6.07, 6.45) is 11.8. The molecular formula is C36H37BrN8O4. The number of pyridine rings is 1. The Kier molecular flexibility index (Phi) is 8.64. The largest absolute Gasteiger partial charge is 0.345 e. The summed E-state index contributed by atoms with van der Waals surface area (Å²) in [4.78, 5) is 70.6. The van der Waals surface area contributed by atoms with Gasteiger partial charge in [-0.25, -0.2) is 15.0 Å². The van der Waals surface area contributed by atoms with Crippen molar-refractivity contribution in [2.45, 2.75) is 71.0 Å². The number of nitrogens with one attached hydrogen (secondary N) is 1. The molecule has 49 heavy (non-hydrogen) atoms. The number of aryl methyl sites for hydroxylation is 1. The van der Waals surface area contributed by atoms with Gasteiger partial charge in [0.1, 0.15) is 34.5 Å². The van der Waals surface area contributed by atoms with Gasteiger partial charge in [-0.15, -0.1) is 0 Å². The molecule has 1 N–H and O–H groups in total. The molecule has 2 fully saturated rings. The average molecular weight is 726 g/mol. The fraction of sp³-hybridized carbons (Fsp3) is 0.389. The molecule has 13 heteroatoms. The summed E-state index contributed by atoms with van der Waals surface area (Å²) in [7, 11) is 1.80. The van der Waals surface area contributed by atoms with Gasteiger partial charge in [-0.2, -0.15) is 5.10 Å². The topological polar surface area (TPSA) is 143 Å². The van der Waals surface area contributed by atoms with E-state index in [4.69, 9.17) is 0 Å². The number of amides is 3. The van der Waals surface area contributed by atoms with Crippen LogP contribution in [0.2, 0.25) is 0 Å². The highest BCUT2D eigenvalue weighted by Crippen LogP contribution is 2.61. The Morgan fingerprint density at radius 2 is 1.86 bits per heavy atom. The Morgan fingerprint density at radius 1 is 1.06 bits per heavy atom. The number of carbonyl (C=O) groups is 4. The number of nitrogens with zero attached hydrogens (tertiary/aromatic N) is 7. The number of Topliss-reactive ketones (excluding diaryl/α,β-unsaturated/α-hetero) is 1. The van der Waals surface area contributed by atoms with E-state index < -0.39 is 6.04 Å². The van der Waals surface area contributed by atoms with Crippen molar-refractivity contribution < 1.29 is 19.2 Å². The van der Waals surface area contributed by atoms with Crippen LogP contribution in [-0.4, -0.2) is 83.7 Å². The highest BCUT2D eigenvalue weighted by Gasteiger charge is 2.65. The third-order valence-corrected chi connectivity index (χ3v) is 10.4. The van der Waals surface area contributed by atoms with Gasteiger partial charge in [0, 0.05) is 60.9 Å². The lowest BCUT2D eigenvalue weighted by Gasteiger charge is -2.27. The van der Waals surface area contributed by atoms with Crippen molar-refractivity contribution in [1.82, 2.24) is 34.5 Å². The van der Waals surface area contributed by atoms with Gasteiger partial charge < -0.3 is 15.1 Å². The molecule has 4 aromatic rings. The number of anilines is 1. The Hall–Kier alpha value is -4.78. The third kappa shape index (κ3) is 6.39. The SMILES string of the molecule is CC(=O)c1nn(CC(=O)N2[C@H]3C[C@@]4(/C=C\CCCCN(C)C(=O)Cc5ccc(Br)nc5NC3=O)C[C@@H]24)c2ccc(-c3cnc(C)nc3)cc12. The average Bonchev–Trinajstić information content (AvgIpc) is 3.49. The van der Waals surface area contributed by atoms with Gasteiger partial charge in [0.05, 0.1) is 11.9 Å². The molecule has 7 rings (SSSR count). The second kappa shape index (κ2) is 12.9. The van der Waals surface area contributed by atoms with Crippen molar-refractivity contribution in [3.8, 4) is 11.1 Å². The van der Waals surface area contributed by atoms with Gasteiger partial charge in [0.2, 0.25) is 17.7 Å². The van der Waals surface area contributed by atoms with Crippen LogP contribution < -0.4 is 5.32 Å². The van der Waals surface area contributed by atoms with Gasteiger partial charge in [-0.3, -0.25) is 23.9 Å². The molecule has 3 amide bonds. The van der Waals surface area contributed by atoms with Crippen molar-refractivity contribution in [2.75, 3.05) is 18.9 Å². The first-order valence-corrected chi connectivity index (χ1v) is 17.3. The van der Waals surface area contributed by atoms with Gasteiger partial charge in [-0.05, 0) is 78.7 Å². The normalized spacial score (nSPS) is 23.2. The number of rotatable bonds is 4. The van der Waals surface area contributed by atoms with Crippen LogP contribution in [0.3, 0.4) is 0 Å². The van der Waals surface area contributed by atoms with Crippen LogP contribution in [0.1, 0.15) is 60.9 Å². The molecule has 3 aromatic heterocycles. The number of likely N-dealkylation sites (N-methyl/N-ethyl adjacent to an activating group) is 1. The Balaban J connectivity index is 1.21. The number of allylic oxidation sites excluding steroid dienone is 1. The smallest absolute Gasteiger partial charge is 0.248 e. The van der Waals surface area contributed by atoms with E-state index in [-0.39, 0.29) is 53.6 Å². The number of ketones is 1. The highest BCUT2D eigenvalue weighted by molar-refractivity contribution is 9.10. The maximum Gasteiger partial charge on any atom is 0.248 e. The molecule has 1 saturated carbocycles. The summed E-state index contributed by atoms with van der Waals surface area (Å²) in [5.74, 6) is 0.0636. The van der Waals surface area contributed by atoms with Crippen LogP contribution in [0.4, 0.5) is 5.82 Å². The van der Waals surface area contributed by atoms with Crippen molar-refractivity contribution in [1.29, 1.82) is 0 Å². The Labute approximate surface area is 292 Å². The molecule has 5 heterocycles. The fourth-order valence-corrected chi connectivity index (χ4v) is 7.45. The van der Waals surface area contributed by atoms with E-state index in [0.717, 1.165) is 36.8 Å². The number of likely N-dealkylation sites (tertiary alicyclic amines) is 1. The molecular weight excluding hydrogens is 688 g/mol. The molecule has 252 valence electrons. The lowest BCUT2D eigenvalue weighted by Crippen LogP contribution is -2.47. The number of hydrogen-bond donors (Lipinski definition) is 1. The number of benzene rings is 1. The van der Waals surface area contributed by atoms with Crippen LogP contribution in [0, 0.1) is 12.3 Å². The molecule has 1 aromatic carbocycles. The van der Waals surface area contributed by atoms with Crippen LogP contribution in [-0.2, 0) is 27.3 Å². The van der Waals surface area contributed by atoms with E-state index in [9.17, 15) is 19.2 Å². The van der Waals surface area contributed by atoms with Gasteiger partial charge in [0.15, 0.2) is 5.78 Å². The number of fused-ring (bicyclic) bond motifs is 3. The molecule has 2 bridgehead atoms. The second-order valence-electron chi connectivity index (χ2n) is 13.3. The molecule has 3 atom stereocenters. The first-order chi connectivity index (χ1) is 23.5.